The van der Waals surface area contributed by atoms with Gasteiger partial charge in [0, 0.05) is 30.1 Å². The van der Waals surface area contributed by atoms with Crippen molar-refractivity contribution < 1.29 is 22.9 Å². The molecule has 2 saturated heterocycles. The van der Waals surface area contributed by atoms with Crippen molar-refractivity contribution in [1.82, 2.24) is 25.1 Å². The highest BCUT2D eigenvalue weighted by Crippen LogP contribution is 2.33. The number of anilines is 3. The van der Waals surface area contributed by atoms with Gasteiger partial charge in [-0.3, -0.25) is 9.89 Å². The summed E-state index contributed by atoms with van der Waals surface area (Å²) in [6.07, 6.45) is 7.91. The van der Waals surface area contributed by atoms with E-state index in [0.29, 0.717) is 36.3 Å². The number of allylic oxidation sites excluding steroid dienone is 1. The Kier molecular flexibility index (Phi) is 5.81. The van der Waals surface area contributed by atoms with Crippen LogP contribution in [-0.4, -0.2) is 87.5 Å². The van der Waals surface area contributed by atoms with Crippen molar-refractivity contribution in [3.8, 4) is 16.9 Å². The fraction of sp³-hybridized carbons (Fsp3) is 0.346. The van der Waals surface area contributed by atoms with Gasteiger partial charge in [-0.2, -0.15) is 14.7 Å². The SMILES string of the molecule is COc1cnc(N2CCC3C=C(C(=O)N4CC(F)(F)C4)[N+](C)=C3C2)nc1Nc1ccc(-c2cn[nH]c2)cc1. The molecular weight excluding hydrogens is 494 g/mol. The maximum Gasteiger partial charge on any atom is 0.318 e. The third-order valence-corrected chi connectivity index (χ3v) is 7.22. The van der Waals surface area contributed by atoms with Crippen LogP contribution in [0.15, 0.2) is 54.6 Å². The van der Waals surface area contributed by atoms with E-state index in [1.807, 2.05) is 53.1 Å². The number of likely N-dealkylation sites (N-methyl/N-ethyl adjacent to an activating group) is 1. The van der Waals surface area contributed by atoms with E-state index >= 15 is 0 Å². The van der Waals surface area contributed by atoms with Crippen molar-refractivity contribution >= 4 is 29.1 Å². The molecule has 1 amide bonds. The molecule has 12 heteroatoms. The minimum absolute atomic E-state index is 0.0848. The number of methoxy groups -OCH3 is 1. The largest absolute Gasteiger partial charge is 0.491 e. The van der Waals surface area contributed by atoms with Crippen molar-refractivity contribution in [2.75, 3.05) is 50.6 Å². The van der Waals surface area contributed by atoms with Crippen LogP contribution in [0, 0.1) is 5.92 Å². The van der Waals surface area contributed by atoms with Gasteiger partial charge in [-0.1, -0.05) is 12.1 Å². The number of amides is 1. The zero-order valence-corrected chi connectivity index (χ0v) is 21.0. The van der Waals surface area contributed by atoms with Gasteiger partial charge in [-0.15, -0.1) is 0 Å². The van der Waals surface area contributed by atoms with Gasteiger partial charge in [0.1, 0.15) is 13.6 Å². The van der Waals surface area contributed by atoms with Crippen LogP contribution in [0.1, 0.15) is 6.42 Å². The zero-order valence-electron chi connectivity index (χ0n) is 21.0. The number of carbonyl (C=O) groups excluding carboxylic acids is 1. The van der Waals surface area contributed by atoms with E-state index in [-0.39, 0.29) is 11.8 Å². The molecule has 6 rings (SSSR count). The van der Waals surface area contributed by atoms with Crippen LogP contribution < -0.4 is 15.0 Å². The summed E-state index contributed by atoms with van der Waals surface area (Å²) >= 11 is 0. The average molecular weight is 522 g/mol. The van der Waals surface area contributed by atoms with Gasteiger partial charge in [0.05, 0.1) is 38.5 Å². The van der Waals surface area contributed by atoms with E-state index in [1.165, 1.54) is 4.90 Å². The Morgan fingerprint density at radius 3 is 2.68 bits per heavy atom. The summed E-state index contributed by atoms with van der Waals surface area (Å²) in [5, 5.41) is 10.1. The van der Waals surface area contributed by atoms with Crippen LogP contribution in [0.5, 0.6) is 5.75 Å². The van der Waals surface area contributed by atoms with Gasteiger partial charge < -0.3 is 19.9 Å². The number of nitrogens with zero attached hydrogens (tertiary/aromatic N) is 6. The van der Waals surface area contributed by atoms with Crippen LogP contribution in [0.2, 0.25) is 0 Å². The minimum atomic E-state index is -2.79. The van der Waals surface area contributed by atoms with Gasteiger partial charge in [0.15, 0.2) is 17.3 Å². The molecule has 2 aromatic heterocycles. The molecule has 0 radical (unpaired) electrons. The first-order chi connectivity index (χ1) is 18.3. The number of fused-ring (bicyclic) bond motifs is 1. The highest BCUT2D eigenvalue weighted by molar-refractivity contribution is 5.99. The number of nitrogens with one attached hydrogen (secondary N) is 2. The van der Waals surface area contributed by atoms with Crippen LogP contribution in [0.3, 0.4) is 0 Å². The monoisotopic (exact) mass is 521 g/mol. The van der Waals surface area contributed by atoms with Crippen molar-refractivity contribution in [2.24, 2.45) is 5.92 Å². The lowest BCUT2D eigenvalue weighted by Gasteiger charge is -2.37. The number of hydrogen-bond acceptors (Lipinski definition) is 7. The summed E-state index contributed by atoms with van der Waals surface area (Å²) in [4.78, 5) is 25.3. The molecule has 0 bridgehead atoms. The summed E-state index contributed by atoms with van der Waals surface area (Å²) in [6, 6.07) is 7.89. The van der Waals surface area contributed by atoms with E-state index < -0.39 is 19.0 Å². The number of ether oxygens (including phenoxy) is 1. The van der Waals surface area contributed by atoms with Crippen LogP contribution in [0.25, 0.3) is 11.1 Å². The first kappa shape index (κ1) is 24.0. The summed E-state index contributed by atoms with van der Waals surface area (Å²) in [7, 11) is 3.38. The molecular formula is C26H27F2N8O2+. The maximum absolute atomic E-state index is 13.3. The Morgan fingerprint density at radius 2 is 2.00 bits per heavy atom. The second kappa shape index (κ2) is 9.19. The lowest BCUT2D eigenvalue weighted by molar-refractivity contribution is -0.437. The maximum atomic E-state index is 13.3. The molecule has 2 N–H and O–H groups in total. The molecule has 0 spiro atoms. The molecule has 1 unspecified atom stereocenters. The molecule has 2 fully saturated rings. The molecule has 1 atom stereocenters. The van der Waals surface area contributed by atoms with E-state index in [0.717, 1.165) is 28.9 Å². The quantitative estimate of drug-likeness (QED) is 0.481. The van der Waals surface area contributed by atoms with E-state index in [4.69, 9.17) is 9.72 Å². The van der Waals surface area contributed by atoms with E-state index in [1.54, 1.807) is 19.5 Å². The smallest absolute Gasteiger partial charge is 0.318 e. The molecule has 3 aromatic rings. The minimum Gasteiger partial charge on any atom is -0.491 e. The van der Waals surface area contributed by atoms with Crippen LogP contribution >= 0.6 is 0 Å². The van der Waals surface area contributed by atoms with Crippen molar-refractivity contribution in [2.45, 2.75) is 12.3 Å². The predicted molar refractivity (Wildman–Crippen MR) is 137 cm³/mol. The second-order valence-corrected chi connectivity index (χ2v) is 9.71. The Balaban J connectivity index is 1.19. The Morgan fingerprint density at radius 1 is 1.21 bits per heavy atom. The zero-order chi connectivity index (χ0) is 26.4. The van der Waals surface area contributed by atoms with Gasteiger partial charge in [-0.25, -0.2) is 13.8 Å². The fourth-order valence-electron chi connectivity index (χ4n) is 5.09. The molecule has 196 valence electrons. The number of H-pyrrole nitrogens is 1. The highest BCUT2D eigenvalue weighted by Gasteiger charge is 2.50. The van der Waals surface area contributed by atoms with Gasteiger partial charge in [0.2, 0.25) is 5.95 Å². The van der Waals surface area contributed by atoms with Crippen molar-refractivity contribution in [1.29, 1.82) is 0 Å². The fourth-order valence-corrected chi connectivity index (χ4v) is 5.09. The number of likely N-dealkylation sites (tertiary alicyclic amines) is 1. The Labute approximate surface area is 217 Å². The molecule has 0 saturated carbocycles. The molecule has 5 heterocycles. The number of alkyl halides is 2. The molecule has 1 aromatic carbocycles. The first-order valence-electron chi connectivity index (χ1n) is 12.3. The summed E-state index contributed by atoms with van der Waals surface area (Å²) in [5.41, 5.74) is 4.36. The molecule has 3 aliphatic heterocycles. The lowest BCUT2D eigenvalue weighted by Crippen LogP contribution is -2.59. The number of hydrogen-bond donors (Lipinski definition) is 2. The average Bonchev–Trinajstić information content (AvgIpc) is 3.56. The third-order valence-electron chi connectivity index (χ3n) is 7.22. The van der Waals surface area contributed by atoms with Crippen molar-refractivity contribution in [3.63, 3.8) is 0 Å². The van der Waals surface area contributed by atoms with Gasteiger partial charge in [0.25, 0.3) is 11.6 Å². The summed E-state index contributed by atoms with van der Waals surface area (Å²) in [5.74, 6) is -1.48. The number of aromatic amines is 1. The number of benzene rings is 1. The molecule has 0 aliphatic carbocycles. The number of piperidine rings is 1. The van der Waals surface area contributed by atoms with Gasteiger partial charge >= 0.3 is 5.91 Å². The summed E-state index contributed by atoms with van der Waals surface area (Å²) < 4.78 is 33.9. The Hall–Kier alpha value is -4.35. The number of carbonyl (C=O) groups is 1. The van der Waals surface area contributed by atoms with Gasteiger partial charge in [-0.05, 0) is 24.1 Å². The second-order valence-electron chi connectivity index (χ2n) is 9.71. The predicted octanol–water partition coefficient (Wildman–Crippen LogP) is 2.90. The summed E-state index contributed by atoms with van der Waals surface area (Å²) in [6.45, 7) is 0.165. The lowest BCUT2D eigenvalue weighted by atomic mass is 9.95. The highest BCUT2D eigenvalue weighted by atomic mass is 19.3. The van der Waals surface area contributed by atoms with E-state index in [9.17, 15) is 13.6 Å². The van der Waals surface area contributed by atoms with E-state index in [2.05, 4.69) is 20.5 Å². The topological polar surface area (TPSA) is 102 Å². The molecule has 10 nitrogen and oxygen atoms in total. The van der Waals surface area contributed by atoms with Crippen molar-refractivity contribution in [3.05, 3.63) is 54.6 Å². The first-order valence-corrected chi connectivity index (χ1v) is 12.3. The third kappa shape index (κ3) is 4.35. The molecule has 38 heavy (non-hydrogen) atoms. The number of aromatic nitrogens is 4. The number of halogens is 2. The van der Waals surface area contributed by atoms with Crippen LogP contribution in [-0.2, 0) is 4.79 Å². The number of rotatable bonds is 6. The standard InChI is InChI=1S/C26H27F2N8O2/c1-34-20(24(37)36-14-26(27,28)15-36)9-17-7-8-35(13-21(17)34)25-29-12-22(38-2)23(33-25)32-19-5-3-16(4-6-19)18-10-30-31-11-18/h3-6,9-12,17H,7-8,13-15H2,1-2H3,(H,30,31)(H,29,32,33)/q+1. The van der Waals surface area contributed by atoms with Crippen LogP contribution in [0.4, 0.5) is 26.2 Å². The normalized spacial score (nSPS) is 20.1. The molecule has 3 aliphatic rings. The Bertz CT molecular complexity index is 1430.